The number of carboxylic acid groups (broad SMARTS) is 1. The van der Waals surface area contributed by atoms with Gasteiger partial charge in [0.15, 0.2) is 0 Å². The second-order valence-corrected chi connectivity index (χ2v) is 3.64. The van der Waals surface area contributed by atoms with Crippen LogP contribution in [0.2, 0.25) is 0 Å². The van der Waals surface area contributed by atoms with Gasteiger partial charge in [-0.1, -0.05) is 6.42 Å². The van der Waals surface area contributed by atoms with Gasteiger partial charge in [0, 0.05) is 12.5 Å². The van der Waals surface area contributed by atoms with Crippen LogP contribution in [0, 0.1) is 5.92 Å². The fraction of sp³-hybridized carbons (Fsp3) is 0.889. The first-order valence-corrected chi connectivity index (χ1v) is 4.67. The van der Waals surface area contributed by atoms with Crippen LogP contribution in [-0.2, 0) is 4.79 Å². The minimum atomic E-state index is -0.693. The van der Waals surface area contributed by atoms with Gasteiger partial charge in [0.25, 0.3) is 0 Å². The van der Waals surface area contributed by atoms with E-state index in [1.807, 2.05) is 0 Å². The van der Waals surface area contributed by atoms with Crippen molar-refractivity contribution in [3.8, 4) is 0 Å². The van der Waals surface area contributed by atoms with Crippen LogP contribution in [-0.4, -0.2) is 17.1 Å². The summed E-state index contributed by atoms with van der Waals surface area (Å²) >= 11 is 0. The zero-order valence-corrected chi connectivity index (χ0v) is 7.33. The number of hydrogen-bond donors (Lipinski definition) is 2. The number of rotatable bonds is 4. The van der Waals surface area contributed by atoms with E-state index in [2.05, 4.69) is 0 Å². The minimum absolute atomic E-state index is 0.295. The lowest BCUT2D eigenvalue weighted by molar-refractivity contribution is -0.137. The van der Waals surface area contributed by atoms with Gasteiger partial charge in [-0.3, -0.25) is 4.79 Å². The van der Waals surface area contributed by atoms with Crippen molar-refractivity contribution >= 4 is 5.97 Å². The average molecular weight is 171 g/mol. The molecule has 0 radical (unpaired) electrons. The average Bonchev–Trinajstić information content (AvgIpc) is 2.36. The van der Waals surface area contributed by atoms with Gasteiger partial charge in [0.05, 0.1) is 0 Å². The fourth-order valence-corrected chi connectivity index (χ4v) is 1.94. The Morgan fingerprint density at radius 2 is 2.25 bits per heavy atom. The molecule has 0 aromatic rings. The number of nitrogens with two attached hydrogens (primary N) is 1. The van der Waals surface area contributed by atoms with Crippen molar-refractivity contribution in [1.82, 2.24) is 0 Å². The third-order valence-corrected chi connectivity index (χ3v) is 2.68. The van der Waals surface area contributed by atoms with E-state index in [0.717, 1.165) is 19.3 Å². The van der Waals surface area contributed by atoms with E-state index in [1.165, 1.54) is 12.8 Å². The molecule has 0 aromatic heterocycles. The monoisotopic (exact) mass is 171 g/mol. The van der Waals surface area contributed by atoms with E-state index in [1.54, 1.807) is 0 Å². The summed E-state index contributed by atoms with van der Waals surface area (Å²) in [6.07, 6.45) is 5.61. The predicted molar refractivity (Wildman–Crippen MR) is 46.8 cm³/mol. The highest BCUT2D eigenvalue weighted by Gasteiger charge is 2.23. The molecule has 2 atom stereocenters. The van der Waals surface area contributed by atoms with Crippen molar-refractivity contribution < 1.29 is 9.90 Å². The Kier molecular flexibility index (Phi) is 3.53. The molecular formula is C9H17NO2. The Labute approximate surface area is 72.9 Å². The maximum atomic E-state index is 10.2. The van der Waals surface area contributed by atoms with Gasteiger partial charge in [-0.2, -0.15) is 0 Å². The van der Waals surface area contributed by atoms with Gasteiger partial charge in [-0.25, -0.2) is 0 Å². The van der Waals surface area contributed by atoms with Gasteiger partial charge >= 0.3 is 5.97 Å². The Hall–Kier alpha value is -0.570. The molecule has 3 N–H and O–H groups in total. The molecular weight excluding hydrogens is 154 g/mol. The Morgan fingerprint density at radius 1 is 1.50 bits per heavy atom. The van der Waals surface area contributed by atoms with Crippen molar-refractivity contribution in [3.63, 3.8) is 0 Å². The van der Waals surface area contributed by atoms with Crippen LogP contribution >= 0.6 is 0 Å². The zero-order valence-electron chi connectivity index (χ0n) is 7.33. The van der Waals surface area contributed by atoms with Gasteiger partial charge < -0.3 is 10.8 Å². The molecule has 0 spiro atoms. The summed E-state index contributed by atoms with van der Waals surface area (Å²) in [5, 5.41) is 8.42. The van der Waals surface area contributed by atoms with Crippen LogP contribution in [0.15, 0.2) is 0 Å². The van der Waals surface area contributed by atoms with Crippen LogP contribution in [0.4, 0.5) is 0 Å². The van der Waals surface area contributed by atoms with E-state index >= 15 is 0 Å². The molecule has 1 saturated carbocycles. The Bertz CT molecular complexity index is 159. The van der Waals surface area contributed by atoms with Gasteiger partial charge in [0.2, 0.25) is 0 Å². The van der Waals surface area contributed by atoms with Crippen molar-refractivity contribution in [2.24, 2.45) is 11.7 Å². The van der Waals surface area contributed by atoms with E-state index in [9.17, 15) is 4.79 Å². The quantitative estimate of drug-likeness (QED) is 0.671. The van der Waals surface area contributed by atoms with E-state index in [0.29, 0.717) is 18.4 Å². The summed E-state index contributed by atoms with van der Waals surface area (Å²) < 4.78 is 0. The number of hydrogen-bond acceptors (Lipinski definition) is 2. The smallest absolute Gasteiger partial charge is 0.303 e. The molecule has 1 aliphatic rings. The summed E-state index contributed by atoms with van der Waals surface area (Å²) in [6, 6.07) is 0.332. The molecule has 0 aliphatic heterocycles. The molecule has 0 heterocycles. The number of carboxylic acids is 1. The summed E-state index contributed by atoms with van der Waals surface area (Å²) in [5.74, 6) is -0.106. The molecule has 0 saturated heterocycles. The zero-order chi connectivity index (χ0) is 8.97. The molecule has 3 heteroatoms. The molecule has 0 aromatic carbocycles. The maximum absolute atomic E-state index is 10.2. The van der Waals surface area contributed by atoms with Crippen molar-refractivity contribution in [2.75, 3.05) is 0 Å². The third kappa shape index (κ3) is 2.81. The predicted octanol–water partition coefficient (Wildman–Crippen LogP) is 1.37. The Balaban J connectivity index is 2.10. The molecule has 1 rings (SSSR count). The van der Waals surface area contributed by atoms with E-state index < -0.39 is 5.97 Å². The molecule has 1 aliphatic carbocycles. The highest BCUT2D eigenvalue weighted by atomic mass is 16.4. The van der Waals surface area contributed by atoms with Crippen LogP contribution < -0.4 is 5.73 Å². The summed E-state index contributed by atoms with van der Waals surface area (Å²) in [7, 11) is 0. The Morgan fingerprint density at radius 3 is 2.75 bits per heavy atom. The van der Waals surface area contributed by atoms with Crippen LogP contribution in [0.5, 0.6) is 0 Å². The van der Waals surface area contributed by atoms with Crippen molar-refractivity contribution in [3.05, 3.63) is 0 Å². The summed E-state index contributed by atoms with van der Waals surface area (Å²) in [6.45, 7) is 0. The van der Waals surface area contributed by atoms with Gasteiger partial charge in [-0.15, -0.1) is 0 Å². The molecule has 0 amide bonds. The van der Waals surface area contributed by atoms with Crippen LogP contribution in [0.1, 0.15) is 38.5 Å². The number of carbonyl (C=O) groups is 1. The standard InChI is InChI=1S/C9H17NO2/c10-8-5-1-3-7(8)4-2-6-9(11)12/h7-8H,1-6,10H2,(H,11,12)/t7?,8-/m0/s1. The first-order valence-electron chi connectivity index (χ1n) is 4.67. The number of aliphatic carboxylic acids is 1. The normalized spacial score (nSPS) is 29.1. The van der Waals surface area contributed by atoms with Crippen LogP contribution in [0.3, 0.4) is 0 Å². The largest absolute Gasteiger partial charge is 0.481 e. The maximum Gasteiger partial charge on any atom is 0.303 e. The van der Waals surface area contributed by atoms with Gasteiger partial charge in [-0.05, 0) is 31.6 Å². The lowest BCUT2D eigenvalue weighted by Crippen LogP contribution is -2.24. The van der Waals surface area contributed by atoms with E-state index in [4.69, 9.17) is 10.8 Å². The minimum Gasteiger partial charge on any atom is -0.481 e. The topological polar surface area (TPSA) is 63.3 Å². The molecule has 1 fully saturated rings. The molecule has 0 bridgehead atoms. The first kappa shape index (κ1) is 9.52. The molecule has 3 nitrogen and oxygen atoms in total. The lowest BCUT2D eigenvalue weighted by Gasteiger charge is -2.13. The second-order valence-electron chi connectivity index (χ2n) is 3.64. The van der Waals surface area contributed by atoms with Crippen molar-refractivity contribution in [1.29, 1.82) is 0 Å². The second kappa shape index (κ2) is 4.45. The SMILES string of the molecule is N[C@H]1CCCC1CCCC(=O)O. The fourth-order valence-electron chi connectivity index (χ4n) is 1.94. The molecule has 70 valence electrons. The van der Waals surface area contributed by atoms with E-state index in [-0.39, 0.29) is 0 Å². The highest BCUT2D eigenvalue weighted by molar-refractivity contribution is 5.66. The van der Waals surface area contributed by atoms with Crippen LogP contribution in [0.25, 0.3) is 0 Å². The third-order valence-electron chi connectivity index (χ3n) is 2.68. The highest BCUT2D eigenvalue weighted by Crippen LogP contribution is 2.28. The van der Waals surface area contributed by atoms with Gasteiger partial charge in [0.1, 0.15) is 0 Å². The van der Waals surface area contributed by atoms with Crippen molar-refractivity contribution in [2.45, 2.75) is 44.6 Å². The summed E-state index contributed by atoms with van der Waals surface area (Å²) in [4.78, 5) is 10.2. The first-order chi connectivity index (χ1) is 5.70. The molecule has 1 unspecified atom stereocenters. The summed E-state index contributed by atoms with van der Waals surface area (Å²) in [5.41, 5.74) is 5.85. The lowest BCUT2D eigenvalue weighted by atomic mass is 9.97. The molecule has 12 heavy (non-hydrogen) atoms.